The number of hydrogen-bond donors (Lipinski definition) is 0. The number of benzene rings is 2. The smallest absolute Gasteiger partial charge is 0.289 e. The fraction of sp³-hybridized carbons (Fsp3) is 0.0556. The Balaban J connectivity index is 1.78. The molecule has 2 amide bonds. The number of thioether (sulfide) groups is 1. The second-order valence-electron chi connectivity index (χ2n) is 4.98. The number of nitrogens with zero attached hydrogens (tertiary/aromatic N) is 1. The highest BCUT2D eigenvalue weighted by Crippen LogP contribution is 2.32. The lowest BCUT2D eigenvalue weighted by atomic mass is 10.1. The van der Waals surface area contributed by atoms with Crippen LogP contribution in [-0.4, -0.2) is 21.8 Å². The Morgan fingerprint density at radius 1 is 0.957 bits per heavy atom. The minimum Gasteiger partial charge on any atom is -0.289 e. The van der Waals surface area contributed by atoms with Crippen molar-refractivity contribution in [3.05, 3.63) is 82.8 Å². The minimum atomic E-state index is -0.423. The van der Waals surface area contributed by atoms with Crippen molar-refractivity contribution in [2.45, 2.75) is 6.54 Å². The van der Waals surface area contributed by atoms with Crippen LogP contribution >= 0.6 is 11.8 Å². The number of imide groups is 1. The van der Waals surface area contributed by atoms with E-state index in [9.17, 15) is 14.4 Å². The Morgan fingerprint density at radius 2 is 1.57 bits per heavy atom. The normalized spacial score (nSPS) is 16.2. The van der Waals surface area contributed by atoms with Gasteiger partial charge in [0.1, 0.15) is 0 Å². The first kappa shape index (κ1) is 15.2. The zero-order valence-corrected chi connectivity index (χ0v) is 13.0. The van der Waals surface area contributed by atoms with E-state index in [-0.39, 0.29) is 22.5 Å². The first-order chi connectivity index (χ1) is 11.1. The van der Waals surface area contributed by atoms with E-state index in [4.69, 9.17) is 0 Å². The predicted octanol–water partition coefficient (Wildman–Crippen LogP) is 3.65. The van der Waals surface area contributed by atoms with Crippen molar-refractivity contribution >= 4 is 28.7 Å². The van der Waals surface area contributed by atoms with E-state index in [1.165, 1.54) is 6.08 Å². The maximum atomic E-state index is 12.4. The molecule has 5 heteroatoms. The number of amides is 2. The zero-order chi connectivity index (χ0) is 16.2. The van der Waals surface area contributed by atoms with E-state index in [1.54, 1.807) is 24.3 Å². The molecule has 3 rings (SSSR count). The van der Waals surface area contributed by atoms with Gasteiger partial charge in [0, 0.05) is 11.6 Å². The number of ketones is 1. The van der Waals surface area contributed by atoms with Gasteiger partial charge in [0.25, 0.3) is 11.1 Å². The quantitative estimate of drug-likeness (QED) is 0.636. The van der Waals surface area contributed by atoms with Crippen molar-refractivity contribution in [3.8, 4) is 0 Å². The van der Waals surface area contributed by atoms with Crippen LogP contribution in [0.15, 0.2) is 71.6 Å². The molecule has 0 unspecified atom stereocenters. The zero-order valence-electron chi connectivity index (χ0n) is 12.1. The molecule has 0 N–H and O–H groups in total. The second-order valence-corrected chi connectivity index (χ2v) is 5.98. The Kier molecular flexibility index (Phi) is 4.39. The third-order valence-corrected chi connectivity index (χ3v) is 4.28. The predicted molar refractivity (Wildman–Crippen MR) is 88.8 cm³/mol. The minimum absolute atomic E-state index is 0.166. The number of rotatable bonds is 4. The second kappa shape index (κ2) is 6.62. The molecule has 0 saturated carbocycles. The summed E-state index contributed by atoms with van der Waals surface area (Å²) in [5, 5.41) is -0.356. The maximum absolute atomic E-state index is 12.4. The number of carbonyl (C=O) groups excluding carboxylic acids is 3. The summed E-state index contributed by atoms with van der Waals surface area (Å²) in [6.07, 6.45) is 1.24. The Morgan fingerprint density at radius 3 is 2.22 bits per heavy atom. The van der Waals surface area contributed by atoms with Crippen LogP contribution in [0.3, 0.4) is 0 Å². The van der Waals surface area contributed by atoms with E-state index >= 15 is 0 Å². The van der Waals surface area contributed by atoms with Crippen molar-refractivity contribution in [2.24, 2.45) is 0 Å². The Bertz CT molecular complexity index is 784. The summed E-state index contributed by atoms with van der Waals surface area (Å²) in [5.74, 6) is -0.705. The van der Waals surface area contributed by atoms with E-state index < -0.39 is 5.91 Å². The lowest BCUT2D eigenvalue weighted by Gasteiger charge is -2.11. The lowest BCUT2D eigenvalue weighted by molar-refractivity contribution is -0.123. The fourth-order valence-corrected chi connectivity index (χ4v) is 3.02. The molecule has 1 fully saturated rings. The van der Waals surface area contributed by atoms with E-state index in [0.29, 0.717) is 5.56 Å². The van der Waals surface area contributed by atoms with Crippen LogP contribution in [0.1, 0.15) is 15.9 Å². The fourth-order valence-electron chi connectivity index (χ4n) is 2.21. The van der Waals surface area contributed by atoms with Gasteiger partial charge in [-0.2, -0.15) is 0 Å². The molecule has 0 spiro atoms. The lowest BCUT2D eigenvalue weighted by Crippen LogP contribution is -2.27. The summed E-state index contributed by atoms with van der Waals surface area (Å²) >= 11 is 0.802. The van der Waals surface area contributed by atoms with E-state index in [0.717, 1.165) is 22.2 Å². The largest absolute Gasteiger partial charge is 0.293 e. The molecule has 1 heterocycles. The average Bonchev–Trinajstić information content (AvgIpc) is 2.84. The van der Waals surface area contributed by atoms with Gasteiger partial charge in [-0.05, 0) is 17.3 Å². The molecule has 0 aromatic heterocycles. The molecule has 0 bridgehead atoms. The molecule has 2 aromatic rings. The van der Waals surface area contributed by atoms with Gasteiger partial charge >= 0.3 is 0 Å². The number of hydrogen-bond acceptors (Lipinski definition) is 4. The third-order valence-electron chi connectivity index (χ3n) is 3.38. The third kappa shape index (κ3) is 3.40. The molecular weight excluding hydrogens is 310 g/mol. The van der Waals surface area contributed by atoms with Crippen LogP contribution in [-0.2, 0) is 11.3 Å². The molecule has 23 heavy (non-hydrogen) atoms. The van der Waals surface area contributed by atoms with Crippen molar-refractivity contribution in [2.75, 3.05) is 0 Å². The van der Waals surface area contributed by atoms with E-state index in [2.05, 4.69) is 0 Å². The van der Waals surface area contributed by atoms with Gasteiger partial charge in [-0.3, -0.25) is 19.3 Å². The molecule has 0 atom stereocenters. The first-order valence-electron chi connectivity index (χ1n) is 7.04. The summed E-state index contributed by atoms with van der Waals surface area (Å²) in [6.45, 7) is 0.211. The Hall–Kier alpha value is -2.66. The maximum Gasteiger partial charge on any atom is 0.293 e. The van der Waals surface area contributed by atoms with Crippen molar-refractivity contribution in [1.29, 1.82) is 0 Å². The molecule has 0 aliphatic carbocycles. The van der Waals surface area contributed by atoms with Gasteiger partial charge < -0.3 is 0 Å². The highest BCUT2D eigenvalue weighted by Gasteiger charge is 2.35. The summed E-state index contributed by atoms with van der Waals surface area (Å²) < 4.78 is 0. The molecule has 1 aliphatic heterocycles. The molecule has 0 radical (unpaired) electrons. The molecule has 1 saturated heterocycles. The van der Waals surface area contributed by atoms with Crippen molar-refractivity contribution in [1.82, 2.24) is 4.90 Å². The van der Waals surface area contributed by atoms with Crippen LogP contribution < -0.4 is 0 Å². The average molecular weight is 323 g/mol. The highest BCUT2D eigenvalue weighted by molar-refractivity contribution is 8.18. The number of carbonyl (C=O) groups is 3. The topological polar surface area (TPSA) is 54.5 Å². The van der Waals surface area contributed by atoms with Crippen LogP contribution in [0.25, 0.3) is 0 Å². The van der Waals surface area contributed by atoms with Crippen LogP contribution in [0.2, 0.25) is 0 Å². The summed E-state index contributed by atoms with van der Waals surface area (Å²) in [4.78, 5) is 37.9. The van der Waals surface area contributed by atoms with E-state index in [1.807, 2.05) is 36.4 Å². The van der Waals surface area contributed by atoms with Crippen LogP contribution in [0.4, 0.5) is 4.79 Å². The first-order valence-corrected chi connectivity index (χ1v) is 7.85. The van der Waals surface area contributed by atoms with Gasteiger partial charge in [0.2, 0.25) is 0 Å². The van der Waals surface area contributed by atoms with Gasteiger partial charge in [-0.15, -0.1) is 0 Å². The standard InChI is InChI=1S/C18H13NO3S/c20-15(14-9-5-2-6-10-14)11-16-17(21)19(18(22)23-16)12-13-7-3-1-4-8-13/h1-11H,12H2/b16-11+. The van der Waals surface area contributed by atoms with Crippen LogP contribution in [0, 0.1) is 0 Å². The Labute approximate surface area is 137 Å². The molecule has 114 valence electrons. The number of allylic oxidation sites excluding steroid dienone is 1. The van der Waals surface area contributed by atoms with Gasteiger partial charge in [-0.25, -0.2) is 0 Å². The molecule has 4 nitrogen and oxygen atoms in total. The molecular formula is C18H13NO3S. The highest BCUT2D eigenvalue weighted by atomic mass is 32.2. The summed E-state index contributed by atoms with van der Waals surface area (Å²) in [7, 11) is 0. The van der Waals surface area contributed by atoms with Gasteiger partial charge in [0.15, 0.2) is 5.78 Å². The molecule has 2 aromatic carbocycles. The van der Waals surface area contributed by atoms with Crippen molar-refractivity contribution < 1.29 is 14.4 Å². The van der Waals surface area contributed by atoms with Gasteiger partial charge in [0.05, 0.1) is 11.4 Å². The molecule has 1 aliphatic rings. The monoisotopic (exact) mass is 323 g/mol. The summed E-state index contributed by atoms with van der Waals surface area (Å²) in [5.41, 5.74) is 1.35. The van der Waals surface area contributed by atoms with Gasteiger partial charge in [-0.1, -0.05) is 60.7 Å². The summed E-state index contributed by atoms with van der Waals surface area (Å²) in [6, 6.07) is 17.9. The SMILES string of the molecule is O=C(/C=C1/SC(=O)N(Cc2ccccc2)C1=O)c1ccccc1. The van der Waals surface area contributed by atoms with Crippen molar-refractivity contribution in [3.63, 3.8) is 0 Å². The van der Waals surface area contributed by atoms with Crippen LogP contribution in [0.5, 0.6) is 0 Å².